The van der Waals surface area contributed by atoms with Gasteiger partial charge in [0, 0.05) is 0 Å². The van der Waals surface area contributed by atoms with Crippen molar-refractivity contribution in [2.24, 2.45) is 0 Å². The van der Waals surface area contributed by atoms with Crippen LogP contribution in [0.3, 0.4) is 0 Å². The third-order valence-corrected chi connectivity index (χ3v) is 4.19. The molecular formula is C22H22O4. The number of carbonyl (C=O) groups is 2. The van der Waals surface area contributed by atoms with Gasteiger partial charge in [-0.3, -0.25) is 0 Å². The average molecular weight is 350 g/mol. The van der Waals surface area contributed by atoms with Crippen LogP contribution in [0.25, 0.3) is 21.5 Å². The highest BCUT2D eigenvalue weighted by Gasteiger charge is 2.15. The quantitative estimate of drug-likeness (QED) is 0.457. The summed E-state index contributed by atoms with van der Waals surface area (Å²) in [5.41, 5.74) is 1.02. The summed E-state index contributed by atoms with van der Waals surface area (Å²) in [6.45, 7) is 4.69. The molecule has 3 aromatic carbocycles. The molecule has 0 aliphatic heterocycles. The summed E-state index contributed by atoms with van der Waals surface area (Å²) in [6, 6.07) is 15.0. The lowest BCUT2D eigenvalue weighted by molar-refractivity contribution is 0.0498. The lowest BCUT2D eigenvalue weighted by Crippen LogP contribution is -2.07. The molecule has 3 rings (SSSR count). The van der Waals surface area contributed by atoms with Gasteiger partial charge in [-0.25, -0.2) is 9.59 Å². The molecule has 0 unspecified atom stereocenters. The number of hydrogen-bond donors (Lipinski definition) is 0. The molecule has 3 aromatic rings. The van der Waals surface area contributed by atoms with Crippen LogP contribution in [0.2, 0.25) is 0 Å². The van der Waals surface area contributed by atoms with E-state index in [1.165, 1.54) is 0 Å². The van der Waals surface area contributed by atoms with Crippen molar-refractivity contribution in [2.75, 3.05) is 13.2 Å². The van der Waals surface area contributed by atoms with E-state index >= 15 is 0 Å². The topological polar surface area (TPSA) is 52.6 Å². The van der Waals surface area contributed by atoms with Crippen molar-refractivity contribution in [1.82, 2.24) is 0 Å². The molecule has 0 aliphatic carbocycles. The van der Waals surface area contributed by atoms with Crippen LogP contribution in [0, 0.1) is 0 Å². The SMILES string of the molecule is CCCOC(=O)c1cccc2cc3cccc(C(=O)OCCC)c3cc12. The second-order valence-corrected chi connectivity index (χ2v) is 6.18. The Labute approximate surface area is 152 Å². The number of hydrogen-bond acceptors (Lipinski definition) is 4. The van der Waals surface area contributed by atoms with E-state index in [-0.39, 0.29) is 11.9 Å². The van der Waals surface area contributed by atoms with Gasteiger partial charge < -0.3 is 9.47 Å². The first-order valence-electron chi connectivity index (χ1n) is 8.95. The molecule has 26 heavy (non-hydrogen) atoms. The zero-order chi connectivity index (χ0) is 18.5. The maximum absolute atomic E-state index is 12.4. The van der Waals surface area contributed by atoms with E-state index in [0.717, 1.165) is 34.4 Å². The number of benzene rings is 3. The molecule has 0 heterocycles. The van der Waals surface area contributed by atoms with Crippen molar-refractivity contribution in [3.63, 3.8) is 0 Å². The van der Waals surface area contributed by atoms with Crippen LogP contribution >= 0.6 is 0 Å². The fraction of sp³-hybridized carbons (Fsp3) is 0.273. The predicted molar refractivity (Wildman–Crippen MR) is 103 cm³/mol. The minimum atomic E-state index is -0.345. The van der Waals surface area contributed by atoms with Gasteiger partial charge in [-0.05, 0) is 58.7 Å². The first-order chi connectivity index (χ1) is 12.7. The van der Waals surface area contributed by atoms with Gasteiger partial charge >= 0.3 is 11.9 Å². The van der Waals surface area contributed by atoms with Gasteiger partial charge in [0.1, 0.15) is 0 Å². The Bertz CT molecular complexity index is 884. The maximum atomic E-state index is 12.4. The largest absolute Gasteiger partial charge is 0.462 e. The monoisotopic (exact) mass is 350 g/mol. The molecule has 0 fully saturated rings. The fourth-order valence-electron chi connectivity index (χ4n) is 2.95. The molecule has 0 atom stereocenters. The number of esters is 2. The van der Waals surface area contributed by atoms with Crippen LogP contribution < -0.4 is 0 Å². The van der Waals surface area contributed by atoms with Crippen molar-refractivity contribution in [2.45, 2.75) is 26.7 Å². The van der Waals surface area contributed by atoms with Gasteiger partial charge in [0.15, 0.2) is 0 Å². The Balaban J connectivity index is 2.14. The van der Waals surface area contributed by atoms with Crippen molar-refractivity contribution >= 4 is 33.5 Å². The van der Waals surface area contributed by atoms with E-state index in [1.54, 1.807) is 12.1 Å². The van der Waals surface area contributed by atoms with Crippen LogP contribution in [0.5, 0.6) is 0 Å². The summed E-state index contributed by atoms with van der Waals surface area (Å²) in [5.74, 6) is -0.689. The molecule has 0 saturated heterocycles. The summed E-state index contributed by atoms with van der Waals surface area (Å²) >= 11 is 0. The Morgan fingerprint density at radius 2 is 1.19 bits per heavy atom. The Morgan fingerprint density at radius 1 is 0.731 bits per heavy atom. The van der Waals surface area contributed by atoms with Crippen LogP contribution in [-0.4, -0.2) is 25.2 Å². The fourth-order valence-corrected chi connectivity index (χ4v) is 2.95. The number of fused-ring (bicyclic) bond motifs is 2. The lowest BCUT2D eigenvalue weighted by atomic mass is 9.97. The van der Waals surface area contributed by atoms with Crippen LogP contribution in [0.15, 0.2) is 48.5 Å². The molecule has 4 nitrogen and oxygen atoms in total. The predicted octanol–water partition coefficient (Wildman–Crippen LogP) is 5.13. The summed E-state index contributed by atoms with van der Waals surface area (Å²) < 4.78 is 10.6. The minimum absolute atomic E-state index is 0.345. The maximum Gasteiger partial charge on any atom is 0.338 e. The molecule has 0 aliphatic rings. The summed E-state index contributed by atoms with van der Waals surface area (Å²) in [6.07, 6.45) is 1.54. The molecule has 0 N–H and O–H groups in total. The van der Waals surface area contributed by atoms with Gasteiger partial charge in [0.2, 0.25) is 0 Å². The van der Waals surface area contributed by atoms with Gasteiger partial charge in [-0.1, -0.05) is 38.1 Å². The number of ether oxygens (including phenoxy) is 2. The first-order valence-corrected chi connectivity index (χ1v) is 8.95. The zero-order valence-corrected chi connectivity index (χ0v) is 15.1. The van der Waals surface area contributed by atoms with Crippen molar-refractivity contribution in [3.8, 4) is 0 Å². The van der Waals surface area contributed by atoms with Crippen LogP contribution in [0.1, 0.15) is 47.4 Å². The Hall–Kier alpha value is -2.88. The van der Waals surface area contributed by atoms with Gasteiger partial charge in [-0.2, -0.15) is 0 Å². The summed E-state index contributed by atoms with van der Waals surface area (Å²) in [7, 11) is 0. The summed E-state index contributed by atoms with van der Waals surface area (Å²) in [4.78, 5) is 24.8. The van der Waals surface area contributed by atoms with Crippen molar-refractivity contribution < 1.29 is 19.1 Å². The highest BCUT2D eigenvalue weighted by atomic mass is 16.5. The van der Waals surface area contributed by atoms with Crippen molar-refractivity contribution in [3.05, 3.63) is 59.7 Å². The summed E-state index contributed by atoms with van der Waals surface area (Å²) in [5, 5.41) is 3.42. The standard InChI is InChI=1S/C22H22O4/c1-3-11-25-21(23)17-9-5-7-15-13-16-8-6-10-18(20(16)14-19(15)17)22(24)26-12-4-2/h5-10,13-14H,3-4,11-12H2,1-2H3. The van der Waals surface area contributed by atoms with E-state index in [1.807, 2.05) is 50.2 Å². The smallest absolute Gasteiger partial charge is 0.338 e. The van der Waals surface area contributed by atoms with Gasteiger partial charge in [0.05, 0.1) is 24.3 Å². The molecule has 0 bridgehead atoms. The van der Waals surface area contributed by atoms with Crippen LogP contribution in [0.4, 0.5) is 0 Å². The zero-order valence-electron chi connectivity index (χ0n) is 15.1. The molecule has 0 saturated carbocycles. The first kappa shape index (κ1) is 17.9. The third kappa shape index (κ3) is 3.54. The normalized spacial score (nSPS) is 10.8. The van der Waals surface area contributed by atoms with E-state index in [0.29, 0.717) is 24.3 Å². The lowest BCUT2D eigenvalue weighted by Gasteiger charge is -2.11. The molecule has 0 aromatic heterocycles. The molecular weight excluding hydrogens is 328 g/mol. The second-order valence-electron chi connectivity index (χ2n) is 6.18. The molecule has 0 radical (unpaired) electrons. The van der Waals surface area contributed by atoms with Crippen LogP contribution in [-0.2, 0) is 9.47 Å². The Kier molecular flexibility index (Phi) is 5.52. The highest BCUT2D eigenvalue weighted by Crippen LogP contribution is 2.28. The van der Waals surface area contributed by atoms with Crippen molar-refractivity contribution in [1.29, 1.82) is 0 Å². The van der Waals surface area contributed by atoms with E-state index in [4.69, 9.17) is 9.47 Å². The number of carbonyl (C=O) groups excluding carboxylic acids is 2. The van der Waals surface area contributed by atoms with Gasteiger partial charge in [0.25, 0.3) is 0 Å². The Morgan fingerprint density at radius 3 is 1.62 bits per heavy atom. The van der Waals surface area contributed by atoms with E-state index in [2.05, 4.69) is 0 Å². The van der Waals surface area contributed by atoms with E-state index < -0.39 is 0 Å². The van der Waals surface area contributed by atoms with E-state index in [9.17, 15) is 9.59 Å². The molecule has 0 spiro atoms. The average Bonchev–Trinajstić information content (AvgIpc) is 2.67. The third-order valence-electron chi connectivity index (χ3n) is 4.19. The number of rotatable bonds is 6. The highest BCUT2D eigenvalue weighted by molar-refractivity contribution is 6.13. The molecule has 134 valence electrons. The van der Waals surface area contributed by atoms with Gasteiger partial charge in [-0.15, -0.1) is 0 Å². The second kappa shape index (κ2) is 8.00. The molecule has 4 heteroatoms. The molecule has 0 amide bonds. The minimum Gasteiger partial charge on any atom is -0.462 e.